The van der Waals surface area contributed by atoms with Crippen molar-refractivity contribution in [3.05, 3.63) is 23.8 Å². The van der Waals surface area contributed by atoms with Crippen LogP contribution in [0.1, 0.15) is 31.2 Å². The number of nitrogens with zero attached hydrogens (tertiary/aromatic N) is 1. The first-order chi connectivity index (χ1) is 9.96. The molecule has 0 saturated heterocycles. The highest BCUT2D eigenvalue weighted by molar-refractivity contribution is 5.95. The molecule has 1 aromatic rings. The fourth-order valence-corrected chi connectivity index (χ4v) is 2.45. The van der Waals surface area contributed by atoms with Crippen molar-refractivity contribution in [2.75, 3.05) is 12.4 Å². The van der Waals surface area contributed by atoms with E-state index in [0.717, 1.165) is 0 Å². The number of halogens is 2. The first-order valence-electron chi connectivity index (χ1n) is 6.72. The predicted molar refractivity (Wildman–Crippen MR) is 73.2 cm³/mol. The van der Waals surface area contributed by atoms with Crippen LogP contribution in [0.3, 0.4) is 0 Å². The van der Waals surface area contributed by atoms with Crippen molar-refractivity contribution >= 4 is 11.6 Å². The molecule has 1 fully saturated rings. The summed E-state index contributed by atoms with van der Waals surface area (Å²) in [6.45, 7) is 0. The average molecular weight is 294 g/mol. The molecule has 0 aliphatic heterocycles. The van der Waals surface area contributed by atoms with E-state index < -0.39 is 11.8 Å². The molecule has 0 bridgehead atoms. The Morgan fingerprint density at radius 2 is 2.10 bits per heavy atom. The Morgan fingerprint density at radius 3 is 2.67 bits per heavy atom. The second kappa shape index (κ2) is 6.08. The van der Waals surface area contributed by atoms with E-state index in [-0.39, 0.29) is 37.2 Å². The molecule has 1 aliphatic carbocycles. The number of methoxy groups -OCH3 is 1. The molecule has 0 aromatic heterocycles. The lowest BCUT2D eigenvalue weighted by Gasteiger charge is -2.27. The van der Waals surface area contributed by atoms with Gasteiger partial charge in [0.2, 0.25) is 11.8 Å². The summed E-state index contributed by atoms with van der Waals surface area (Å²) in [5.74, 6) is -3.09. The molecular formula is C15H16F2N2O2. The molecule has 1 aliphatic rings. The molecular weight excluding hydrogens is 278 g/mol. The van der Waals surface area contributed by atoms with Crippen molar-refractivity contribution in [2.24, 2.45) is 5.92 Å². The van der Waals surface area contributed by atoms with Crippen LogP contribution in [-0.2, 0) is 4.79 Å². The van der Waals surface area contributed by atoms with Crippen molar-refractivity contribution in [1.29, 1.82) is 5.26 Å². The van der Waals surface area contributed by atoms with Gasteiger partial charge in [-0.2, -0.15) is 5.26 Å². The van der Waals surface area contributed by atoms with Gasteiger partial charge in [-0.15, -0.1) is 0 Å². The van der Waals surface area contributed by atoms with Crippen LogP contribution in [0.2, 0.25) is 0 Å². The number of hydrogen-bond donors (Lipinski definition) is 1. The summed E-state index contributed by atoms with van der Waals surface area (Å²) in [6, 6.07) is 6.82. The number of para-hydroxylation sites is 1. The highest BCUT2D eigenvalue weighted by Gasteiger charge is 2.37. The quantitative estimate of drug-likeness (QED) is 0.930. The van der Waals surface area contributed by atoms with Gasteiger partial charge in [-0.25, -0.2) is 8.78 Å². The second-order valence-corrected chi connectivity index (χ2v) is 5.11. The smallest absolute Gasteiger partial charge is 0.248 e. The third-order valence-electron chi connectivity index (χ3n) is 3.70. The summed E-state index contributed by atoms with van der Waals surface area (Å²) in [4.78, 5) is 12.2. The molecule has 0 heterocycles. The molecule has 1 aromatic carbocycles. The number of carbonyl (C=O) groups is 1. The minimum Gasteiger partial charge on any atom is -0.495 e. The summed E-state index contributed by atoms with van der Waals surface area (Å²) in [5.41, 5.74) is 0.577. The van der Waals surface area contributed by atoms with Gasteiger partial charge in [0.15, 0.2) is 0 Å². The highest BCUT2D eigenvalue weighted by atomic mass is 19.3. The first-order valence-corrected chi connectivity index (χ1v) is 6.72. The average Bonchev–Trinajstić information content (AvgIpc) is 2.47. The third-order valence-corrected chi connectivity index (χ3v) is 3.70. The maximum Gasteiger partial charge on any atom is 0.248 e. The van der Waals surface area contributed by atoms with E-state index in [4.69, 9.17) is 10.00 Å². The van der Waals surface area contributed by atoms with Gasteiger partial charge in [0.05, 0.1) is 12.7 Å². The van der Waals surface area contributed by atoms with Crippen LogP contribution in [-0.4, -0.2) is 18.9 Å². The molecule has 1 saturated carbocycles. The van der Waals surface area contributed by atoms with E-state index in [2.05, 4.69) is 5.32 Å². The van der Waals surface area contributed by atoms with Gasteiger partial charge in [-0.3, -0.25) is 4.79 Å². The monoisotopic (exact) mass is 294 g/mol. The molecule has 21 heavy (non-hydrogen) atoms. The largest absolute Gasteiger partial charge is 0.495 e. The normalized spacial score (nSPS) is 17.8. The molecule has 0 unspecified atom stereocenters. The molecule has 112 valence electrons. The molecule has 0 radical (unpaired) electrons. The van der Waals surface area contributed by atoms with E-state index in [1.807, 2.05) is 6.07 Å². The summed E-state index contributed by atoms with van der Waals surface area (Å²) < 4.78 is 31.3. The number of alkyl halides is 2. The fraction of sp³-hybridized carbons (Fsp3) is 0.467. The maximum absolute atomic E-state index is 13.1. The highest BCUT2D eigenvalue weighted by Crippen LogP contribution is 2.37. The van der Waals surface area contributed by atoms with Gasteiger partial charge in [0.1, 0.15) is 17.5 Å². The van der Waals surface area contributed by atoms with Crippen molar-refractivity contribution in [3.63, 3.8) is 0 Å². The SMILES string of the molecule is COc1cccc(C#N)c1NC(=O)C1CCC(F)(F)CC1. The number of nitrogens with one attached hydrogen (secondary N) is 1. The number of anilines is 1. The Labute approximate surface area is 121 Å². The number of nitriles is 1. The van der Waals surface area contributed by atoms with Gasteiger partial charge in [-0.1, -0.05) is 6.07 Å². The Balaban J connectivity index is 2.12. The Hall–Kier alpha value is -2.16. The molecule has 0 spiro atoms. The van der Waals surface area contributed by atoms with Crippen molar-refractivity contribution < 1.29 is 18.3 Å². The van der Waals surface area contributed by atoms with Crippen LogP contribution >= 0.6 is 0 Å². The van der Waals surface area contributed by atoms with Gasteiger partial charge in [-0.05, 0) is 25.0 Å². The topological polar surface area (TPSA) is 62.1 Å². The minimum absolute atomic E-state index is 0.149. The Kier molecular flexibility index (Phi) is 4.41. The number of benzene rings is 1. The van der Waals surface area contributed by atoms with Crippen molar-refractivity contribution in [2.45, 2.75) is 31.6 Å². The first kappa shape index (κ1) is 15.2. The van der Waals surface area contributed by atoms with E-state index >= 15 is 0 Å². The van der Waals surface area contributed by atoms with E-state index in [1.165, 1.54) is 7.11 Å². The zero-order valence-electron chi connectivity index (χ0n) is 11.7. The van der Waals surface area contributed by atoms with Crippen LogP contribution in [0.15, 0.2) is 18.2 Å². The predicted octanol–water partition coefficient (Wildman–Crippen LogP) is 3.33. The molecule has 1 N–H and O–H groups in total. The maximum atomic E-state index is 13.1. The third kappa shape index (κ3) is 3.48. The summed E-state index contributed by atoms with van der Waals surface area (Å²) in [7, 11) is 1.44. The van der Waals surface area contributed by atoms with Crippen molar-refractivity contribution in [3.8, 4) is 11.8 Å². The molecule has 4 nitrogen and oxygen atoms in total. The molecule has 6 heteroatoms. The minimum atomic E-state index is -2.67. The lowest BCUT2D eigenvalue weighted by atomic mass is 9.86. The van der Waals surface area contributed by atoms with E-state index in [9.17, 15) is 13.6 Å². The van der Waals surface area contributed by atoms with E-state index in [0.29, 0.717) is 11.4 Å². The number of carbonyl (C=O) groups excluding carboxylic acids is 1. The Morgan fingerprint density at radius 1 is 1.43 bits per heavy atom. The summed E-state index contributed by atoms with van der Waals surface area (Å²) in [5, 5.41) is 11.7. The lowest BCUT2D eigenvalue weighted by molar-refractivity contribution is -0.124. The van der Waals surface area contributed by atoms with Gasteiger partial charge < -0.3 is 10.1 Å². The van der Waals surface area contributed by atoms with Crippen LogP contribution in [0, 0.1) is 17.2 Å². The number of ether oxygens (including phenoxy) is 1. The van der Waals surface area contributed by atoms with Gasteiger partial charge >= 0.3 is 0 Å². The summed E-state index contributed by atoms with van der Waals surface area (Å²) in [6.07, 6.45) is -0.254. The fourth-order valence-electron chi connectivity index (χ4n) is 2.45. The zero-order valence-corrected chi connectivity index (χ0v) is 11.7. The summed E-state index contributed by atoms with van der Waals surface area (Å²) >= 11 is 0. The number of hydrogen-bond acceptors (Lipinski definition) is 3. The molecule has 0 atom stereocenters. The second-order valence-electron chi connectivity index (χ2n) is 5.11. The van der Waals surface area contributed by atoms with Crippen LogP contribution in [0.5, 0.6) is 5.75 Å². The van der Waals surface area contributed by atoms with Crippen LogP contribution < -0.4 is 10.1 Å². The molecule has 1 amide bonds. The van der Waals surface area contributed by atoms with Gasteiger partial charge in [0.25, 0.3) is 0 Å². The number of amides is 1. The van der Waals surface area contributed by atoms with Crippen LogP contribution in [0.4, 0.5) is 14.5 Å². The zero-order chi connectivity index (χ0) is 15.5. The Bertz CT molecular complexity index is 572. The van der Waals surface area contributed by atoms with Crippen molar-refractivity contribution in [1.82, 2.24) is 0 Å². The standard InChI is InChI=1S/C15H16F2N2O2/c1-21-12-4-2-3-11(9-18)13(12)19-14(20)10-5-7-15(16,17)8-6-10/h2-4,10H,5-8H2,1H3,(H,19,20). The van der Waals surface area contributed by atoms with Gasteiger partial charge in [0, 0.05) is 18.8 Å². The van der Waals surface area contributed by atoms with Crippen LogP contribution in [0.25, 0.3) is 0 Å². The molecule has 2 rings (SSSR count). The lowest BCUT2D eigenvalue weighted by Crippen LogP contribution is -2.32. The van der Waals surface area contributed by atoms with E-state index in [1.54, 1.807) is 18.2 Å². The number of rotatable bonds is 3.